The Morgan fingerprint density at radius 2 is 2.04 bits per heavy atom. The van der Waals surface area contributed by atoms with Crippen molar-refractivity contribution in [3.63, 3.8) is 0 Å². The average molecular weight is 349 g/mol. The Balaban J connectivity index is 1.57. The second-order valence-corrected chi connectivity index (χ2v) is 6.50. The fourth-order valence-electron chi connectivity index (χ4n) is 3.20. The number of nitrogens with one attached hydrogen (secondary N) is 1. The summed E-state index contributed by atoms with van der Waals surface area (Å²) in [6.45, 7) is 0.791. The van der Waals surface area contributed by atoms with Gasteiger partial charge >= 0.3 is 0 Å². The number of alkyl halides is 1. The van der Waals surface area contributed by atoms with Crippen LogP contribution in [-0.2, 0) is 7.05 Å². The van der Waals surface area contributed by atoms with Gasteiger partial charge in [0.25, 0.3) is 0 Å². The molecule has 0 saturated carbocycles. The Morgan fingerprint density at radius 3 is 2.81 bits per heavy atom. The number of hydrogen-bond donors (Lipinski definition) is 1. The van der Waals surface area contributed by atoms with Crippen LogP contribution in [0.2, 0.25) is 0 Å². The largest absolute Gasteiger partial charge is 0.351 e. The van der Waals surface area contributed by atoms with Crippen molar-refractivity contribution in [2.45, 2.75) is 6.17 Å². The molecule has 1 saturated heterocycles. The summed E-state index contributed by atoms with van der Waals surface area (Å²) in [6.07, 6.45) is 6.46. The molecule has 8 heteroatoms. The van der Waals surface area contributed by atoms with E-state index in [9.17, 15) is 4.39 Å². The molecule has 5 rings (SSSR count). The van der Waals surface area contributed by atoms with Crippen LogP contribution in [0.1, 0.15) is 0 Å². The molecule has 1 N–H and O–H groups in total. The first-order chi connectivity index (χ1) is 12.7. The summed E-state index contributed by atoms with van der Waals surface area (Å²) in [7, 11) is 1.88. The lowest BCUT2D eigenvalue weighted by atomic mass is 10.1. The number of aromatic nitrogens is 6. The van der Waals surface area contributed by atoms with Crippen molar-refractivity contribution in [3.8, 4) is 22.5 Å². The number of pyridine rings is 2. The number of anilines is 1. The van der Waals surface area contributed by atoms with E-state index in [1.54, 1.807) is 23.3 Å². The number of aryl methyl sites for hydroxylation is 1. The smallest absolute Gasteiger partial charge is 0.135 e. The quantitative estimate of drug-likeness (QED) is 0.615. The minimum atomic E-state index is -0.764. The number of nitrogens with zero attached hydrogens (tertiary/aromatic N) is 6. The van der Waals surface area contributed by atoms with Crippen molar-refractivity contribution >= 4 is 16.7 Å². The molecule has 0 aliphatic carbocycles. The number of aromatic amines is 1. The highest BCUT2D eigenvalue weighted by Gasteiger charge is 2.27. The van der Waals surface area contributed by atoms with Crippen LogP contribution in [0.25, 0.3) is 33.4 Å². The molecule has 0 bridgehead atoms. The molecule has 0 aromatic carbocycles. The highest BCUT2D eigenvalue weighted by molar-refractivity contribution is 5.94. The maximum absolute atomic E-state index is 13.1. The fraction of sp³-hybridized carbons (Fsp3) is 0.222. The third-order valence-electron chi connectivity index (χ3n) is 4.63. The first-order valence-electron chi connectivity index (χ1n) is 8.36. The molecule has 4 aromatic rings. The number of hydrogen-bond acceptors (Lipinski definition) is 5. The molecule has 0 unspecified atom stereocenters. The van der Waals surface area contributed by atoms with Gasteiger partial charge in [0.15, 0.2) is 0 Å². The fourth-order valence-corrected chi connectivity index (χ4v) is 3.20. The van der Waals surface area contributed by atoms with Gasteiger partial charge in [0.1, 0.15) is 17.7 Å². The zero-order valence-corrected chi connectivity index (χ0v) is 14.1. The molecule has 7 nitrogen and oxygen atoms in total. The van der Waals surface area contributed by atoms with Gasteiger partial charge in [-0.05, 0) is 18.2 Å². The van der Waals surface area contributed by atoms with Gasteiger partial charge in [-0.2, -0.15) is 10.2 Å². The summed E-state index contributed by atoms with van der Waals surface area (Å²) in [4.78, 5) is 10.8. The Kier molecular flexibility index (Phi) is 3.24. The molecule has 0 amide bonds. The van der Waals surface area contributed by atoms with Gasteiger partial charge in [-0.1, -0.05) is 0 Å². The van der Waals surface area contributed by atoms with Crippen LogP contribution in [0, 0.1) is 0 Å². The lowest BCUT2D eigenvalue weighted by molar-refractivity contribution is 0.273. The van der Waals surface area contributed by atoms with Crippen molar-refractivity contribution in [2.75, 3.05) is 18.0 Å². The van der Waals surface area contributed by atoms with Gasteiger partial charge in [0, 0.05) is 36.0 Å². The lowest BCUT2D eigenvalue weighted by Gasteiger charge is -2.35. The Bertz CT molecular complexity index is 1090. The summed E-state index contributed by atoms with van der Waals surface area (Å²) in [5.74, 6) is 0.772. The van der Waals surface area contributed by atoms with Crippen LogP contribution in [0.3, 0.4) is 0 Å². The molecule has 26 heavy (non-hydrogen) atoms. The van der Waals surface area contributed by atoms with Crippen LogP contribution >= 0.6 is 0 Å². The first kappa shape index (κ1) is 15.0. The van der Waals surface area contributed by atoms with Crippen molar-refractivity contribution in [1.82, 2.24) is 29.9 Å². The Hall–Kier alpha value is -3.29. The van der Waals surface area contributed by atoms with Crippen molar-refractivity contribution in [1.29, 1.82) is 0 Å². The van der Waals surface area contributed by atoms with E-state index >= 15 is 0 Å². The molecule has 1 aliphatic heterocycles. The van der Waals surface area contributed by atoms with E-state index in [4.69, 9.17) is 0 Å². The molecule has 0 spiro atoms. The molecule has 5 heterocycles. The third kappa shape index (κ3) is 2.42. The number of halogens is 1. The van der Waals surface area contributed by atoms with Crippen LogP contribution in [0.15, 0.2) is 43.0 Å². The van der Waals surface area contributed by atoms with E-state index in [2.05, 4.69) is 25.3 Å². The number of fused-ring (bicyclic) bond motifs is 1. The number of rotatable bonds is 3. The van der Waals surface area contributed by atoms with Gasteiger partial charge in [-0.25, -0.2) is 9.37 Å². The normalized spacial score (nSPS) is 14.8. The Labute approximate surface area is 148 Å². The third-order valence-corrected chi connectivity index (χ3v) is 4.63. The predicted molar refractivity (Wildman–Crippen MR) is 96.4 cm³/mol. The molecule has 0 atom stereocenters. The van der Waals surface area contributed by atoms with E-state index < -0.39 is 6.17 Å². The summed E-state index contributed by atoms with van der Waals surface area (Å²) >= 11 is 0. The van der Waals surface area contributed by atoms with Gasteiger partial charge in [0.05, 0.1) is 36.7 Å². The summed E-state index contributed by atoms with van der Waals surface area (Å²) in [5.41, 5.74) is 4.41. The standard InChI is InChI=1S/C18H16FN7/c1-25-8-12(6-22-25)15-5-14-16(7-21-15)23-24-18(14)11-2-3-20-17(4-11)26-9-13(19)10-26/h2-8,13H,9-10H2,1H3,(H,23,24). The maximum Gasteiger partial charge on any atom is 0.135 e. The average Bonchev–Trinajstić information content (AvgIpc) is 3.24. The SMILES string of the molecule is Cn1cc(-c2cc3c(-c4ccnc(N5CC(F)C5)c4)n[nH]c3cn2)cn1. The van der Waals surface area contributed by atoms with Crippen LogP contribution in [0.5, 0.6) is 0 Å². The van der Waals surface area contributed by atoms with Crippen LogP contribution in [-0.4, -0.2) is 49.2 Å². The zero-order chi connectivity index (χ0) is 17.7. The van der Waals surface area contributed by atoms with E-state index in [1.807, 2.05) is 36.3 Å². The second kappa shape index (κ2) is 5.62. The zero-order valence-electron chi connectivity index (χ0n) is 14.1. The highest BCUT2D eigenvalue weighted by atomic mass is 19.1. The predicted octanol–water partition coefficient (Wildman–Crippen LogP) is 2.58. The van der Waals surface area contributed by atoms with Gasteiger partial charge in [0.2, 0.25) is 0 Å². The highest BCUT2D eigenvalue weighted by Crippen LogP contribution is 2.31. The van der Waals surface area contributed by atoms with Crippen molar-refractivity contribution in [3.05, 3.63) is 43.0 Å². The monoisotopic (exact) mass is 349 g/mol. The molecule has 1 aliphatic rings. The van der Waals surface area contributed by atoms with Crippen molar-refractivity contribution in [2.24, 2.45) is 7.05 Å². The van der Waals surface area contributed by atoms with Gasteiger partial charge < -0.3 is 4.90 Å². The topological polar surface area (TPSA) is 75.5 Å². The molecular weight excluding hydrogens is 333 g/mol. The minimum Gasteiger partial charge on any atom is -0.351 e. The van der Waals surface area contributed by atoms with Crippen LogP contribution < -0.4 is 4.90 Å². The van der Waals surface area contributed by atoms with Crippen LogP contribution in [0.4, 0.5) is 10.2 Å². The second-order valence-electron chi connectivity index (χ2n) is 6.50. The number of H-pyrrole nitrogens is 1. The summed E-state index contributed by atoms with van der Waals surface area (Å²) in [6, 6.07) is 5.87. The molecule has 1 fully saturated rings. The van der Waals surface area contributed by atoms with E-state index in [0.29, 0.717) is 13.1 Å². The van der Waals surface area contributed by atoms with E-state index in [1.165, 1.54) is 0 Å². The molecule has 0 radical (unpaired) electrons. The molecule has 4 aromatic heterocycles. The van der Waals surface area contributed by atoms with E-state index in [0.717, 1.165) is 39.2 Å². The van der Waals surface area contributed by atoms with Gasteiger partial charge in [-0.3, -0.25) is 14.8 Å². The maximum atomic E-state index is 13.1. The molecule has 130 valence electrons. The minimum absolute atomic E-state index is 0.396. The first-order valence-corrected chi connectivity index (χ1v) is 8.36. The lowest BCUT2D eigenvalue weighted by Crippen LogP contribution is -2.48. The summed E-state index contributed by atoms with van der Waals surface area (Å²) in [5, 5.41) is 12.7. The van der Waals surface area contributed by atoms with Crippen molar-refractivity contribution < 1.29 is 4.39 Å². The Morgan fingerprint density at radius 1 is 1.15 bits per heavy atom. The van der Waals surface area contributed by atoms with Gasteiger partial charge in [-0.15, -0.1) is 0 Å². The molecular formula is C18H16FN7. The summed E-state index contributed by atoms with van der Waals surface area (Å²) < 4.78 is 14.9. The van der Waals surface area contributed by atoms with E-state index in [-0.39, 0.29) is 0 Å².